The average Bonchev–Trinajstić information content (AvgIpc) is 2.86. The lowest BCUT2D eigenvalue weighted by molar-refractivity contribution is -0.233. The predicted molar refractivity (Wildman–Crippen MR) is 142 cm³/mol. The standard InChI is InChI=1S/C27H29BrO9S/c1-14(29)34-24-23(37-27(38-4)26(36-16(3)31)25(24)35-15(2)30)18-6-7-20(28)19(13-18)11-17-5-8-21-22(12-17)33-10-9-32-21/h5-8,12-13,23-27H,9-11H2,1-4H3/t23-,24-,25+,26-,27+/m0/s1. The summed E-state index contributed by atoms with van der Waals surface area (Å²) in [6.45, 7) is 4.79. The van der Waals surface area contributed by atoms with Crippen molar-refractivity contribution in [1.29, 1.82) is 0 Å². The summed E-state index contributed by atoms with van der Waals surface area (Å²) in [5.41, 5.74) is 2.01. The zero-order valence-corrected chi connectivity index (χ0v) is 23.8. The van der Waals surface area contributed by atoms with E-state index >= 15 is 0 Å². The van der Waals surface area contributed by atoms with Crippen molar-refractivity contribution in [2.75, 3.05) is 19.5 Å². The number of esters is 3. The van der Waals surface area contributed by atoms with Crippen molar-refractivity contribution in [1.82, 2.24) is 0 Å². The van der Waals surface area contributed by atoms with Crippen molar-refractivity contribution in [3.8, 4) is 11.5 Å². The third-order valence-electron chi connectivity index (χ3n) is 6.03. The second kappa shape index (κ2) is 12.4. The minimum atomic E-state index is -1.07. The molecule has 1 fully saturated rings. The van der Waals surface area contributed by atoms with Gasteiger partial charge in [-0.25, -0.2) is 0 Å². The first kappa shape index (κ1) is 28.3. The Morgan fingerprint density at radius 1 is 0.868 bits per heavy atom. The van der Waals surface area contributed by atoms with Gasteiger partial charge in [-0.15, -0.1) is 11.8 Å². The molecular weight excluding hydrogens is 580 g/mol. The molecule has 2 aromatic carbocycles. The van der Waals surface area contributed by atoms with E-state index in [0.29, 0.717) is 30.9 Å². The number of halogens is 1. The van der Waals surface area contributed by atoms with Crippen LogP contribution in [0, 0.1) is 0 Å². The molecule has 0 N–H and O–H groups in total. The molecule has 5 atom stereocenters. The molecule has 9 nitrogen and oxygen atoms in total. The number of carbonyl (C=O) groups excluding carboxylic acids is 3. The molecule has 0 spiro atoms. The zero-order chi connectivity index (χ0) is 27.4. The highest BCUT2D eigenvalue weighted by Gasteiger charge is 2.52. The molecule has 0 aliphatic carbocycles. The van der Waals surface area contributed by atoms with Gasteiger partial charge < -0.3 is 28.4 Å². The van der Waals surface area contributed by atoms with Crippen LogP contribution >= 0.6 is 27.7 Å². The van der Waals surface area contributed by atoms with Crippen LogP contribution in [0.1, 0.15) is 43.6 Å². The van der Waals surface area contributed by atoms with Crippen LogP contribution in [0.3, 0.4) is 0 Å². The minimum Gasteiger partial charge on any atom is -0.486 e. The molecule has 11 heteroatoms. The Hall–Kier alpha value is -2.76. The summed E-state index contributed by atoms with van der Waals surface area (Å²) >= 11 is 4.94. The fourth-order valence-corrected chi connectivity index (χ4v) is 5.65. The van der Waals surface area contributed by atoms with Gasteiger partial charge in [0.05, 0.1) is 0 Å². The van der Waals surface area contributed by atoms with Crippen molar-refractivity contribution < 1.29 is 42.8 Å². The molecule has 2 aliphatic heterocycles. The Morgan fingerprint density at radius 3 is 2.16 bits per heavy atom. The van der Waals surface area contributed by atoms with E-state index in [1.54, 1.807) is 6.26 Å². The maximum Gasteiger partial charge on any atom is 0.303 e. The van der Waals surface area contributed by atoms with E-state index in [4.69, 9.17) is 28.4 Å². The number of benzene rings is 2. The number of ether oxygens (including phenoxy) is 6. The lowest BCUT2D eigenvalue weighted by atomic mass is 9.92. The average molecular weight is 609 g/mol. The molecule has 0 radical (unpaired) electrons. The van der Waals surface area contributed by atoms with E-state index in [-0.39, 0.29) is 0 Å². The Labute approximate surface area is 233 Å². The molecular formula is C27H29BrO9S. The summed E-state index contributed by atoms with van der Waals surface area (Å²) in [6, 6.07) is 11.5. The molecule has 0 unspecified atom stereocenters. The Balaban J connectivity index is 1.69. The summed E-state index contributed by atoms with van der Waals surface area (Å²) in [7, 11) is 0. The van der Waals surface area contributed by atoms with Gasteiger partial charge in [-0.1, -0.05) is 34.1 Å². The van der Waals surface area contributed by atoms with E-state index in [1.807, 2.05) is 36.4 Å². The van der Waals surface area contributed by atoms with Crippen molar-refractivity contribution in [2.45, 2.75) is 57.0 Å². The zero-order valence-electron chi connectivity index (χ0n) is 21.4. The van der Waals surface area contributed by atoms with Gasteiger partial charge in [0, 0.05) is 25.2 Å². The minimum absolute atomic E-state index is 0.501. The third kappa shape index (κ3) is 6.62. The largest absolute Gasteiger partial charge is 0.486 e. The quantitative estimate of drug-likeness (QED) is 0.332. The number of thioether (sulfide) groups is 1. The van der Waals surface area contributed by atoms with Gasteiger partial charge in [0.25, 0.3) is 0 Å². The number of fused-ring (bicyclic) bond motifs is 1. The molecule has 204 valence electrons. The van der Waals surface area contributed by atoms with E-state index in [0.717, 1.165) is 21.3 Å². The van der Waals surface area contributed by atoms with Crippen LogP contribution in [0.15, 0.2) is 40.9 Å². The molecule has 38 heavy (non-hydrogen) atoms. The third-order valence-corrected chi connectivity index (χ3v) is 7.65. The molecule has 0 saturated carbocycles. The van der Waals surface area contributed by atoms with Crippen molar-refractivity contribution in [3.05, 3.63) is 57.6 Å². The lowest BCUT2D eigenvalue weighted by Gasteiger charge is -2.44. The molecule has 2 aliphatic rings. The fourth-order valence-electron chi connectivity index (χ4n) is 4.56. The van der Waals surface area contributed by atoms with Crippen LogP contribution in [-0.4, -0.2) is 61.1 Å². The smallest absolute Gasteiger partial charge is 0.303 e. The topological polar surface area (TPSA) is 107 Å². The van der Waals surface area contributed by atoms with Crippen molar-refractivity contribution >= 4 is 45.6 Å². The Kier molecular flexibility index (Phi) is 9.22. The highest BCUT2D eigenvalue weighted by molar-refractivity contribution is 9.10. The van der Waals surface area contributed by atoms with Gasteiger partial charge in [0.1, 0.15) is 24.8 Å². The number of hydrogen-bond acceptors (Lipinski definition) is 10. The first-order valence-corrected chi connectivity index (χ1v) is 14.1. The van der Waals surface area contributed by atoms with Gasteiger partial charge >= 0.3 is 17.9 Å². The second-order valence-corrected chi connectivity index (χ2v) is 10.7. The number of hydrogen-bond donors (Lipinski definition) is 0. The summed E-state index contributed by atoms with van der Waals surface area (Å²) in [4.78, 5) is 36.0. The Morgan fingerprint density at radius 2 is 1.50 bits per heavy atom. The summed E-state index contributed by atoms with van der Waals surface area (Å²) in [5.74, 6) is -0.330. The van der Waals surface area contributed by atoms with Crippen molar-refractivity contribution in [2.24, 2.45) is 0 Å². The van der Waals surface area contributed by atoms with Gasteiger partial charge in [0.2, 0.25) is 0 Å². The van der Waals surface area contributed by atoms with E-state index in [2.05, 4.69) is 15.9 Å². The molecule has 2 heterocycles. The maximum absolute atomic E-state index is 12.1. The van der Waals surface area contributed by atoms with Gasteiger partial charge in [-0.2, -0.15) is 0 Å². The van der Waals surface area contributed by atoms with Crippen LogP contribution in [0.5, 0.6) is 11.5 Å². The Bertz CT molecular complexity index is 1200. The first-order chi connectivity index (χ1) is 18.2. The molecule has 1 saturated heterocycles. The molecule has 0 aromatic heterocycles. The number of carbonyl (C=O) groups is 3. The van der Waals surface area contributed by atoms with E-state index in [9.17, 15) is 14.4 Å². The SMILES string of the molecule is CS[C@H]1O[C@@H](c2ccc(Br)c(Cc3ccc4c(c3)OCCO4)c2)[C@H](OC(C)=O)[C@@H](OC(C)=O)[C@@H]1OC(C)=O. The van der Waals surface area contributed by atoms with Gasteiger partial charge in [-0.05, 0) is 47.6 Å². The summed E-state index contributed by atoms with van der Waals surface area (Å²) in [6.07, 6.45) is -1.51. The molecule has 0 bridgehead atoms. The summed E-state index contributed by atoms with van der Waals surface area (Å²) in [5, 5.41) is 0. The van der Waals surface area contributed by atoms with Crippen LogP contribution in [0.25, 0.3) is 0 Å². The van der Waals surface area contributed by atoms with E-state index in [1.165, 1.54) is 32.5 Å². The molecule has 2 aromatic rings. The predicted octanol–water partition coefficient (Wildman–Crippen LogP) is 4.37. The lowest BCUT2D eigenvalue weighted by Crippen LogP contribution is -2.57. The van der Waals surface area contributed by atoms with Crippen LogP contribution < -0.4 is 9.47 Å². The molecule has 0 amide bonds. The fraction of sp³-hybridized carbons (Fsp3) is 0.444. The highest BCUT2D eigenvalue weighted by Crippen LogP contribution is 2.41. The monoisotopic (exact) mass is 608 g/mol. The van der Waals surface area contributed by atoms with Crippen LogP contribution in [-0.2, 0) is 39.8 Å². The normalized spacial score (nSPS) is 24.3. The van der Waals surface area contributed by atoms with E-state index < -0.39 is 47.8 Å². The number of rotatable bonds is 7. The second-order valence-electron chi connectivity index (χ2n) is 8.89. The van der Waals surface area contributed by atoms with Crippen LogP contribution in [0.4, 0.5) is 0 Å². The summed E-state index contributed by atoms with van der Waals surface area (Å²) < 4.78 is 35.3. The van der Waals surface area contributed by atoms with Gasteiger partial charge in [0.15, 0.2) is 29.8 Å². The maximum atomic E-state index is 12.1. The first-order valence-electron chi connectivity index (χ1n) is 12.0. The van der Waals surface area contributed by atoms with Crippen LogP contribution in [0.2, 0.25) is 0 Å². The van der Waals surface area contributed by atoms with Crippen molar-refractivity contribution in [3.63, 3.8) is 0 Å². The molecule has 4 rings (SSSR count). The highest BCUT2D eigenvalue weighted by atomic mass is 79.9. The van der Waals surface area contributed by atoms with Gasteiger partial charge in [-0.3, -0.25) is 14.4 Å².